The summed E-state index contributed by atoms with van der Waals surface area (Å²) in [6.45, 7) is 3.84. The molecule has 5 nitrogen and oxygen atoms in total. The lowest BCUT2D eigenvalue weighted by Crippen LogP contribution is -2.47. The molecular formula is C23H23N3O2. The number of nitrogens with one attached hydrogen (secondary N) is 1. The number of carbonyl (C=O) groups is 1. The van der Waals surface area contributed by atoms with E-state index >= 15 is 0 Å². The summed E-state index contributed by atoms with van der Waals surface area (Å²) in [7, 11) is 1.54. The van der Waals surface area contributed by atoms with E-state index in [4.69, 9.17) is 11.2 Å². The molecule has 1 atom stereocenters. The minimum Gasteiger partial charge on any atom is -0.371 e. The van der Waals surface area contributed by atoms with Crippen LogP contribution in [-0.4, -0.2) is 29.1 Å². The predicted octanol–water partition coefficient (Wildman–Crippen LogP) is 3.22. The quantitative estimate of drug-likeness (QED) is 0.674. The summed E-state index contributed by atoms with van der Waals surface area (Å²) in [6, 6.07) is 13.4. The topological polar surface area (TPSA) is 64.1 Å². The van der Waals surface area contributed by atoms with E-state index in [9.17, 15) is 4.79 Å². The van der Waals surface area contributed by atoms with Gasteiger partial charge in [-0.2, -0.15) is 0 Å². The van der Waals surface area contributed by atoms with Crippen LogP contribution in [0.4, 0.5) is 0 Å². The van der Waals surface area contributed by atoms with Gasteiger partial charge in [0.1, 0.15) is 6.10 Å². The number of rotatable bonds is 6. The summed E-state index contributed by atoms with van der Waals surface area (Å²) in [4.78, 5) is 21.5. The average molecular weight is 373 g/mol. The van der Waals surface area contributed by atoms with E-state index in [1.54, 1.807) is 12.4 Å². The Morgan fingerprint density at radius 1 is 1.25 bits per heavy atom. The number of pyridine rings is 2. The number of hydrogen-bond donors (Lipinski definition) is 1. The molecule has 3 rings (SSSR count). The summed E-state index contributed by atoms with van der Waals surface area (Å²) in [5, 5.41) is 3.98. The number of carbonyl (C=O) groups excluding carboxylic acids is 1. The summed E-state index contributed by atoms with van der Waals surface area (Å²) < 4.78 is 5.47. The van der Waals surface area contributed by atoms with E-state index in [-0.39, 0.29) is 5.91 Å². The molecule has 0 aliphatic heterocycles. The van der Waals surface area contributed by atoms with Gasteiger partial charge >= 0.3 is 0 Å². The summed E-state index contributed by atoms with van der Waals surface area (Å²) >= 11 is 0. The number of ether oxygens (including phenoxy) is 1. The first kappa shape index (κ1) is 19.5. The number of terminal acetylenes is 1. The molecule has 2 heterocycles. The van der Waals surface area contributed by atoms with Crippen LogP contribution in [-0.2, 0) is 21.5 Å². The fourth-order valence-corrected chi connectivity index (χ4v) is 3.07. The predicted molar refractivity (Wildman–Crippen MR) is 110 cm³/mol. The van der Waals surface area contributed by atoms with E-state index in [1.165, 1.54) is 7.11 Å². The number of methoxy groups -OCH3 is 1. The molecular weight excluding hydrogens is 350 g/mol. The van der Waals surface area contributed by atoms with Crippen LogP contribution in [0.15, 0.2) is 54.9 Å². The molecule has 0 aliphatic carbocycles. The van der Waals surface area contributed by atoms with Gasteiger partial charge in [0, 0.05) is 36.9 Å². The zero-order valence-electron chi connectivity index (χ0n) is 16.3. The minimum absolute atomic E-state index is 0.186. The van der Waals surface area contributed by atoms with Crippen molar-refractivity contribution in [2.45, 2.75) is 31.9 Å². The largest absolute Gasteiger partial charge is 0.371 e. The summed E-state index contributed by atoms with van der Waals surface area (Å²) in [5.74, 6) is 2.41. The molecule has 28 heavy (non-hydrogen) atoms. The van der Waals surface area contributed by atoms with Crippen molar-refractivity contribution in [1.29, 1.82) is 0 Å². The van der Waals surface area contributed by atoms with E-state index in [1.807, 2.05) is 56.3 Å². The Kier molecular flexibility index (Phi) is 5.72. The van der Waals surface area contributed by atoms with Crippen LogP contribution < -0.4 is 5.32 Å². The highest BCUT2D eigenvalue weighted by atomic mass is 16.5. The van der Waals surface area contributed by atoms with Gasteiger partial charge in [-0.1, -0.05) is 18.1 Å². The van der Waals surface area contributed by atoms with Crippen LogP contribution in [0.5, 0.6) is 0 Å². The third kappa shape index (κ3) is 4.36. The van der Waals surface area contributed by atoms with Crippen molar-refractivity contribution < 1.29 is 9.53 Å². The second kappa shape index (κ2) is 8.20. The Morgan fingerprint density at radius 3 is 2.75 bits per heavy atom. The molecule has 0 bridgehead atoms. The highest BCUT2D eigenvalue weighted by Gasteiger charge is 2.28. The Bertz CT molecular complexity index is 1020. The lowest BCUT2D eigenvalue weighted by atomic mass is 9.98. The maximum absolute atomic E-state index is 12.8. The average Bonchev–Trinajstić information content (AvgIpc) is 2.71. The highest BCUT2D eigenvalue weighted by molar-refractivity contribution is 5.83. The van der Waals surface area contributed by atoms with E-state index in [0.29, 0.717) is 6.42 Å². The van der Waals surface area contributed by atoms with Gasteiger partial charge in [-0.25, -0.2) is 0 Å². The lowest BCUT2D eigenvalue weighted by molar-refractivity contribution is -0.132. The van der Waals surface area contributed by atoms with Crippen molar-refractivity contribution in [3.8, 4) is 12.3 Å². The minimum atomic E-state index is -0.621. The number of hydrogen-bond acceptors (Lipinski definition) is 4. The smallest absolute Gasteiger partial charge is 0.250 e. The maximum atomic E-state index is 12.8. The molecule has 0 saturated carbocycles. The number of aromatic nitrogens is 2. The lowest BCUT2D eigenvalue weighted by Gasteiger charge is -2.28. The molecule has 0 aliphatic rings. The van der Waals surface area contributed by atoms with Gasteiger partial charge in [0.2, 0.25) is 5.91 Å². The van der Waals surface area contributed by atoms with Crippen LogP contribution in [0.2, 0.25) is 0 Å². The molecule has 1 aromatic carbocycles. The van der Waals surface area contributed by atoms with Crippen molar-refractivity contribution in [2.75, 3.05) is 7.11 Å². The van der Waals surface area contributed by atoms with Crippen molar-refractivity contribution in [3.63, 3.8) is 0 Å². The summed E-state index contributed by atoms with van der Waals surface area (Å²) in [6.07, 6.45) is 8.67. The van der Waals surface area contributed by atoms with Gasteiger partial charge in [0.05, 0.1) is 16.7 Å². The zero-order valence-corrected chi connectivity index (χ0v) is 16.3. The Morgan fingerprint density at radius 2 is 2.07 bits per heavy atom. The van der Waals surface area contributed by atoms with E-state index < -0.39 is 11.6 Å². The molecule has 5 heteroatoms. The number of benzene rings is 1. The molecule has 0 spiro atoms. The number of amides is 1. The van der Waals surface area contributed by atoms with Gasteiger partial charge in [-0.3, -0.25) is 14.8 Å². The Balaban J connectivity index is 1.77. The molecule has 3 aromatic rings. The molecule has 0 fully saturated rings. The third-order valence-corrected chi connectivity index (χ3v) is 4.65. The van der Waals surface area contributed by atoms with E-state index in [2.05, 4.69) is 21.2 Å². The number of fused-ring (bicyclic) bond motifs is 1. The van der Waals surface area contributed by atoms with E-state index in [0.717, 1.165) is 27.7 Å². The summed E-state index contributed by atoms with van der Waals surface area (Å²) in [5.41, 5.74) is 2.74. The zero-order chi connectivity index (χ0) is 20.1. The molecule has 1 unspecified atom stereocenters. The van der Waals surface area contributed by atoms with Crippen LogP contribution in [0.3, 0.4) is 0 Å². The second-order valence-electron chi connectivity index (χ2n) is 7.15. The van der Waals surface area contributed by atoms with Gasteiger partial charge < -0.3 is 10.1 Å². The Labute approximate surface area is 165 Å². The van der Waals surface area contributed by atoms with Crippen LogP contribution in [0.1, 0.15) is 30.7 Å². The van der Waals surface area contributed by atoms with Gasteiger partial charge in [-0.15, -0.1) is 6.42 Å². The van der Waals surface area contributed by atoms with Crippen LogP contribution in [0, 0.1) is 12.3 Å². The monoisotopic (exact) mass is 373 g/mol. The van der Waals surface area contributed by atoms with Gasteiger partial charge in [0.15, 0.2) is 0 Å². The normalized spacial score (nSPS) is 12.4. The molecule has 0 saturated heterocycles. The first-order valence-corrected chi connectivity index (χ1v) is 9.04. The molecule has 1 amide bonds. The van der Waals surface area contributed by atoms with Crippen molar-refractivity contribution in [2.24, 2.45) is 0 Å². The van der Waals surface area contributed by atoms with Gasteiger partial charge in [-0.05, 0) is 49.7 Å². The fourth-order valence-electron chi connectivity index (χ4n) is 3.07. The van der Waals surface area contributed by atoms with Crippen LogP contribution in [0.25, 0.3) is 10.9 Å². The maximum Gasteiger partial charge on any atom is 0.250 e. The molecule has 142 valence electrons. The van der Waals surface area contributed by atoms with Crippen LogP contribution >= 0.6 is 0 Å². The third-order valence-electron chi connectivity index (χ3n) is 4.65. The molecule has 2 aromatic heterocycles. The first-order chi connectivity index (χ1) is 13.4. The van der Waals surface area contributed by atoms with Crippen molar-refractivity contribution in [3.05, 3.63) is 71.7 Å². The SMILES string of the molecule is C#Cc1cnc2ccc(CC(OC)C(=O)NC(C)(C)c3ccccn3)cc2c1. The van der Waals surface area contributed by atoms with Crippen molar-refractivity contribution >= 4 is 16.8 Å². The highest BCUT2D eigenvalue weighted by Crippen LogP contribution is 2.20. The first-order valence-electron chi connectivity index (χ1n) is 9.04. The Hall–Kier alpha value is -3.23. The number of nitrogens with zero attached hydrogens (tertiary/aromatic N) is 2. The molecule has 0 radical (unpaired) electrons. The standard InChI is InChI=1S/C23H23N3O2/c1-5-16-12-18-13-17(9-10-19(18)25-15-16)14-20(28-4)22(27)26-23(2,3)21-8-6-7-11-24-21/h1,6-13,15,20H,14H2,2-4H3,(H,26,27). The fraction of sp³-hybridized carbons (Fsp3) is 0.261. The molecule has 1 N–H and O–H groups in total. The second-order valence-corrected chi connectivity index (χ2v) is 7.15. The van der Waals surface area contributed by atoms with Gasteiger partial charge in [0.25, 0.3) is 0 Å². The van der Waals surface area contributed by atoms with Crippen molar-refractivity contribution in [1.82, 2.24) is 15.3 Å².